The summed E-state index contributed by atoms with van der Waals surface area (Å²) in [5, 5.41) is 10.6. The number of aromatic amines is 1. The van der Waals surface area contributed by atoms with Gasteiger partial charge in [0.1, 0.15) is 11.6 Å². The molecule has 1 aromatic heterocycles. The molecule has 0 saturated heterocycles. The third-order valence-electron chi connectivity index (χ3n) is 3.59. The molecule has 140 valence electrons. The molecule has 27 heavy (non-hydrogen) atoms. The topological polar surface area (TPSA) is 79.9 Å². The normalized spacial score (nSPS) is 10.6. The Hall–Kier alpha value is -2.58. The summed E-state index contributed by atoms with van der Waals surface area (Å²) in [7, 11) is 1.56. The average molecular weight is 407 g/mol. The molecule has 2 N–H and O–H groups in total. The molecule has 0 atom stereocenters. The van der Waals surface area contributed by atoms with E-state index < -0.39 is 5.82 Å². The van der Waals surface area contributed by atoms with Gasteiger partial charge in [0.2, 0.25) is 11.1 Å². The van der Waals surface area contributed by atoms with Crippen LogP contribution < -0.4 is 10.1 Å². The first kappa shape index (κ1) is 19.2. The average Bonchev–Trinajstić information content (AvgIpc) is 3.12. The van der Waals surface area contributed by atoms with Crippen molar-refractivity contribution in [3.05, 3.63) is 53.3 Å². The number of ether oxygens (including phenoxy) is 1. The second kappa shape index (κ2) is 8.88. The quantitative estimate of drug-likeness (QED) is 0.569. The van der Waals surface area contributed by atoms with E-state index in [2.05, 4.69) is 20.5 Å². The van der Waals surface area contributed by atoms with Crippen LogP contribution in [0, 0.1) is 5.82 Å². The third kappa shape index (κ3) is 4.99. The molecule has 0 aliphatic heterocycles. The maximum Gasteiger partial charge on any atom is 0.225 e. The Kier molecular flexibility index (Phi) is 6.31. The number of rotatable bonds is 7. The molecular weight excluding hydrogens is 391 g/mol. The number of hydrogen-bond donors (Lipinski definition) is 2. The molecule has 3 aromatic rings. The molecule has 6 nitrogen and oxygen atoms in total. The number of para-hydroxylation sites is 1. The van der Waals surface area contributed by atoms with E-state index in [1.807, 2.05) is 0 Å². The van der Waals surface area contributed by atoms with Crippen molar-refractivity contribution in [1.82, 2.24) is 15.2 Å². The second-order valence-corrected chi connectivity index (χ2v) is 6.94. The van der Waals surface area contributed by atoms with Gasteiger partial charge in [-0.05, 0) is 30.3 Å². The van der Waals surface area contributed by atoms with Crippen LogP contribution in [-0.2, 0) is 4.79 Å². The monoisotopic (exact) mass is 406 g/mol. The van der Waals surface area contributed by atoms with Gasteiger partial charge in [-0.2, -0.15) is 0 Å². The largest absolute Gasteiger partial charge is 0.496 e. The van der Waals surface area contributed by atoms with Gasteiger partial charge in [0.05, 0.1) is 18.4 Å². The molecule has 0 aliphatic carbocycles. The fraction of sp³-hybridized carbons (Fsp3) is 0.167. The van der Waals surface area contributed by atoms with E-state index in [0.29, 0.717) is 33.1 Å². The highest BCUT2D eigenvalue weighted by Crippen LogP contribution is 2.31. The van der Waals surface area contributed by atoms with Crippen LogP contribution in [0.25, 0.3) is 11.4 Å². The minimum Gasteiger partial charge on any atom is -0.496 e. The summed E-state index contributed by atoms with van der Waals surface area (Å²) in [6.07, 6.45) is 0.198. The third-order valence-corrected chi connectivity index (χ3v) is 4.67. The summed E-state index contributed by atoms with van der Waals surface area (Å²) < 4.78 is 18.8. The number of H-pyrrole nitrogens is 1. The highest BCUT2D eigenvalue weighted by atomic mass is 35.5. The summed E-state index contributed by atoms with van der Waals surface area (Å²) in [6.45, 7) is 0. The van der Waals surface area contributed by atoms with Crippen molar-refractivity contribution in [1.29, 1.82) is 0 Å². The molecule has 0 fully saturated rings. The number of anilines is 1. The lowest BCUT2D eigenvalue weighted by Gasteiger charge is -2.05. The van der Waals surface area contributed by atoms with Gasteiger partial charge in [0.15, 0.2) is 5.82 Å². The van der Waals surface area contributed by atoms with E-state index in [0.717, 1.165) is 0 Å². The van der Waals surface area contributed by atoms with E-state index in [1.165, 1.54) is 23.9 Å². The molecule has 3 rings (SSSR count). The van der Waals surface area contributed by atoms with Crippen molar-refractivity contribution in [2.24, 2.45) is 0 Å². The summed E-state index contributed by atoms with van der Waals surface area (Å²) in [5.74, 6) is 0.848. The Morgan fingerprint density at radius 2 is 2.15 bits per heavy atom. The highest BCUT2D eigenvalue weighted by molar-refractivity contribution is 7.99. The SMILES string of the molecule is COc1ccc(Cl)cc1-c1nc(SCCC(=O)Nc2ccccc2F)n[nH]1. The van der Waals surface area contributed by atoms with Crippen LogP contribution in [0.1, 0.15) is 6.42 Å². The molecule has 9 heteroatoms. The zero-order valence-corrected chi connectivity index (χ0v) is 15.9. The van der Waals surface area contributed by atoms with Crippen molar-refractivity contribution < 1.29 is 13.9 Å². The van der Waals surface area contributed by atoms with Gasteiger partial charge in [-0.25, -0.2) is 9.37 Å². The van der Waals surface area contributed by atoms with Crippen LogP contribution in [-0.4, -0.2) is 34.0 Å². The van der Waals surface area contributed by atoms with Crippen LogP contribution >= 0.6 is 23.4 Å². The number of methoxy groups -OCH3 is 1. The maximum absolute atomic E-state index is 13.5. The van der Waals surface area contributed by atoms with Crippen molar-refractivity contribution in [3.63, 3.8) is 0 Å². The van der Waals surface area contributed by atoms with Crippen molar-refractivity contribution in [3.8, 4) is 17.1 Å². The fourth-order valence-corrected chi connectivity index (χ4v) is 3.22. The first-order chi connectivity index (χ1) is 13.1. The Balaban J connectivity index is 1.57. The molecule has 0 aliphatic rings. The molecule has 1 heterocycles. The van der Waals surface area contributed by atoms with E-state index in [4.69, 9.17) is 16.3 Å². The van der Waals surface area contributed by atoms with E-state index in [1.54, 1.807) is 37.4 Å². The van der Waals surface area contributed by atoms with Crippen molar-refractivity contribution >= 4 is 35.0 Å². The lowest BCUT2D eigenvalue weighted by Crippen LogP contribution is -2.13. The van der Waals surface area contributed by atoms with Gasteiger partial charge in [-0.3, -0.25) is 9.89 Å². The highest BCUT2D eigenvalue weighted by Gasteiger charge is 2.13. The number of halogens is 2. The lowest BCUT2D eigenvalue weighted by atomic mass is 10.2. The zero-order valence-electron chi connectivity index (χ0n) is 14.3. The number of carbonyl (C=O) groups excluding carboxylic acids is 1. The van der Waals surface area contributed by atoms with Crippen molar-refractivity contribution in [2.45, 2.75) is 11.6 Å². The number of amides is 1. The van der Waals surface area contributed by atoms with Crippen LogP contribution in [0.3, 0.4) is 0 Å². The first-order valence-corrected chi connectivity index (χ1v) is 9.36. The molecule has 1 amide bonds. The Morgan fingerprint density at radius 3 is 2.93 bits per heavy atom. The zero-order chi connectivity index (χ0) is 19.2. The number of nitrogens with one attached hydrogen (secondary N) is 2. The van der Waals surface area contributed by atoms with Gasteiger partial charge in [-0.15, -0.1) is 5.10 Å². The Morgan fingerprint density at radius 1 is 1.33 bits per heavy atom. The molecule has 2 aromatic carbocycles. The van der Waals surface area contributed by atoms with Crippen LogP contribution in [0.2, 0.25) is 5.02 Å². The summed E-state index contributed by atoms with van der Waals surface area (Å²) in [4.78, 5) is 16.3. The van der Waals surface area contributed by atoms with Gasteiger partial charge in [0.25, 0.3) is 0 Å². The van der Waals surface area contributed by atoms with Gasteiger partial charge in [0, 0.05) is 17.2 Å². The number of carbonyl (C=O) groups is 1. The van der Waals surface area contributed by atoms with E-state index in [9.17, 15) is 9.18 Å². The number of nitrogens with zero attached hydrogens (tertiary/aromatic N) is 2. The van der Waals surface area contributed by atoms with Crippen molar-refractivity contribution in [2.75, 3.05) is 18.2 Å². The van der Waals surface area contributed by atoms with Crippen LogP contribution in [0.5, 0.6) is 5.75 Å². The maximum atomic E-state index is 13.5. The van der Waals surface area contributed by atoms with Gasteiger partial charge in [-0.1, -0.05) is 35.5 Å². The molecule has 0 unspecified atom stereocenters. The Bertz CT molecular complexity index is 951. The minimum atomic E-state index is -0.465. The van der Waals surface area contributed by atoms with E-state index in [-0.39, 0.29) is 18.0 Å². The van der Waals surface area contributed by atoms with E-state index >= 15 is 0 Å². The summed E-state index contributed by atoms with van der Waals surface area (Å²) in [5.41, 5.74) is 0.863. The molecule has 0 saturated carbocycles. The van der Waals surface area contributed by atoms with Gasteiger partial charge >= 0.3 is 0 Å². The molecule has 0 bridgehead atoms. The second-order valence-electron chi connectivity index (χ2n) is 5.44. The summed E-state index contributed by atoms with van der Waals surface area (Å²) in [6, 6.07) is 11.2. The molecule has 0 spiro atoms. The number of hydrogen-bond acceptors (Lipinski definition) is 5. The lowest BCUT2D eigenvalue weighted by molar-refractivity contribution is -0.115. The number of aromatic nitrogens is 3. The predicted octanol–water partition coefficient (Wildman–Crippen LogP) is 4.39. The summed E-state index contributed by atoms with van der Waals surface area (Å²) >= 11 is 7.35. The van der Waals surface area contributed by atoms with Crippen LogP contribution in [0.4, 0.5) is 10.1 Å². The molecular formula is C18H16ClFN4O2S. The standard InChI is InChI=1S/C18H16ClFN4O2S/c1-26-15-7-6-11(19)10-12(15)17-22-18(24-23-17)27-9-8-16(25)21-14-5-3-2-4-13(14)20/h2-7,10H,8-9H2,1H3,(H,21,25)(H,22,23,24). The minimum absolute atomic E-state index is 0.167. The first-order valence-electron chi connectivity index (χ1n) is 8.00. The van der Waals surface area contributed by atoms with Gasteiger partial charge < -0.3 is 10.1 Å². The smallest absolute Gasteiger partial charge is 0.225 e. The van der Waals surface area contributed by atoms with Crippen LogP contribution in [0.15, 0.2) is 47.6 Å². The Labute approximate surface area is 164 Å². The number of thioether (sulfide) groups is 1. The number of benzene rings is 2. The predicted molar refractivity (Wildman–Crippen MR) is 104 cm³/mol. The molecule has 0 radical (unpaired) electrons. The fourth-order valence-electron chi connectivity index (χ4n) is 2.31.